The summed E-state index contributed by atoms with van der Waals surface area (Å²) in [7, 11) is -2.35. The molecule has 0 heterocycles. The Labute approximate surface area is 158 Å². The van der Waals surface area contributed by atoms with Gasteiger partial charge in [0.25, 0.3) is 0 Å². The summed E-state index contributed by atoms with van der Waals surface area (Å²) >= 11 is 0. The largest absolute Gasteiger partial charge is 0.694 e. The second-order valence-electron chi connectivity index (χ2n) is 6.75. The van der Waals surface area contributed by atoms with E-state index in [1.54, 1.807) is 6.92 Å². The highest BCUT2D eigenvalue weighted by molar-refractivity contribution is 7.32. The molecule has 25 heavy (non-hydrogen) atoms. The van der Waals surface area contributed by atoms with Crippen LogP contribution in [-0.2, 0) is 9.09 Å². The van der Waals surface area contributed by atoms with E-state index in [0.29, 0.717) is 6.61 Å². The van der Waals surface area contributed by atoms with Crippen molar-refractivity contribution < 1.29 is 14.0 Å². The van der Waals surface area contributed by atoms with Crippen molar-refractivity contribution >= 4 is 8.25 Å². The standard InChI is InChI=1S/C18H39N.C2H5O3P/c1-2-3-4-5-6-7-8-9-10-11-12-13-14-15-16-17-18-19;1-2-5-6(3)4/h2-19H2,1H3;2H2,1H3/p+1. The molecule has 4 nitrogen and oxygen atoms in total. The van der Waals surface area contributed by atoms with Crippen molar-refractivity contribution in [3.63, 3.8) is 0 Å². The number of unbranched alkanes of at least 4 members (excludes halogenated alkanes) is 15. The average molecular weight is 379 g/mol. The Hall–Kier alpha value is -0.0200. The van der Waals surface area contributed by atoms with Crippen molar-refractivity contribution in [3.8, 4) is 0 Å². The van der Waals surface area contributed by atoms with Gasteiger partial charge in [-0.05, 0) is 19.9 Å². The van der Waals surface area contributed by atoms with E-state index in [2.05, 4.69) is 11.4 Å². The van der Waals surface area contributed by atoms with Crippen LogP contribution in [0.4, 0.5) is 0 Å². The van der Waals surface area contributed by atoms with Crippen LogP contribution < -0.4 is 5.73 Å². The molecule has 1 unspecified atom stereocenters. The average Bonchev–Trinajstić information content (AvgIpc) is 2.59. The van der Waals surface area contributed by atoms with E-state index in [-0.39, 0.29) is 0 Å². The Balaban J connectivity index is 0. The molecule has 0 aromatic heterocycles. The Morgan fingerprint density at radius 1 is 0.680 bits per heavy atom. The normalized spacial score (nSPS) is 11.1. The fourth-order valence-corrected chi connectivity index (χ4v) is 3.02. The molecular weight excluding hydrogens is 333 g/mol. The molecule has 0 bridgehead atoms. The molecule has 0 rings (SSSR count). The molecule has 0 amide bonds. The third-order valence-electron chi connectivity index (χ3n) is 4.30. The quantitative estimate of drug-likeness (QED) is 0.201. The molecule has 0 aliphatic heterocycles. The summed E-state index contributed by atoms with van der Waals surface area (Å²) < 4.78 is 13.6. The molecular formula is C20H45NO3P+. The van der Waals surface area contributed by atoms with E-state index in [4.69, 9.17) is 10.6 Å². The molecule has 0 aliphatic carbocycles. The molecule has 0 aliphatic rings. The van der Waals surface area contributed by atoms with E-state index < -0.39 is 8.25 Å². The SMILES string of the molecule is CCCCCCCCCCCCCCCCCCN.CCO[P+](=O)O. The number of nitrogens with two attached hydrogens (primary N) is 1. The fraction of sp³-hybridized carbons (Fsp3) is 1.00. The summed E-state index contributed by atoms with van der Waals surface area (Å²) in [6.07, 6.45) is 22.9. The molecule has 0 radical (unpaired) electrons. The topological polar surface area (TPSA) is 72.5 Å². The van der Waals surface area contributed by atoms with Crippen LogP contribution in [0.5, 0.6) is 0 Å². The zero-order valence-corrected chi connectivity index (χ0v) is 17.9. The zero-order chi connectivity index (χ0) is 19.0. The predicted molar refractivity (Wildman–Crippen MR) is 110 cm³/mol. The van der Waals surface area contributed by atoms with E-state index in [1.165, 1.54) is 103 Å². The first kappa shape index (κ1) is 27.2. The minimum atomic E-state index is -2.35. The van der Waals surface area contributed by atoms with Gasteiger partial charge in [-0.25, -0.2) is 0 Å². The van der Waals surface area contributed by atoms with Gasteiger partial charge in [0.1, 0.15) is 6.61 Å². The Morgan fingerprint density at radius 2 is 1.00 bits per heavy atom. The van der Waals surface area contributed by atoms with Gasteiger partial charge in [0.2, 0.25) is 0 Å². The van der Waals surface area contributed by atoms with Crippen molar-refractivity contribution in [2.75, 3.05) is 13.2 Å². The molecule has 0 aromatic rings. The molecule has 3 N–H and O–H groups in total. The minimum absolute atomic E-state index is 0.297. The number of rotatable bonds is 18. The molecule has 0 spiro atoms. The number of hydrogen-bond donors (Lipinski definition) is 2. The lowest BCUT2D eigenvalue weighted by Gasteiger charge is -2.03. The second kappa shape index (κ2) is 26.2. The number of hydrogen-bond acceptors (Lipinski definition) is 3. The summed E-state index contributed by atoms with van der Waals surface area (Å²) in [5, 5.41) is 0. The molecule has 152 valence electrons. The third kappa shape index (κ3) is 32.2. The highest BCUT2D eigenvalue weighted by Gasteiger charge is 2.06. The fourth-order valence-electron chi connectivity index (χ4n) is 2.80. The van der Waals surface area contributed by atoms with Gasteiger partial charge in [0.05, 0.1) is 0 Å². The zero-order valence-electron chi connectivity index (χ0n) is 17.0. The highest BCUT2D eigenvalue weighted by Crippen LogP contribution is 2.13. The minimum Gasteiger partial charge on any atom is -0.330 e. The van der Waals surface area contributed by atoms with Crippen molar-refractivity contribution in [2.24, 2.45) is 5.73 Å². The molecule has 5 heteroatoms. The van der Waals surface area contributed by atoms with Crippen LogP contribution in [0.3, 0.4) is 0 Å². The summed E-state index contributed by atoms with van der Waals surface area (Å²) in [4.78, 5) is 7.84. The van der Waals surface area contributed by atoms with Gasteiger partial charge in [0, 0.05) is 4.57 Å². The van der Waals surface area contributed by atoms with Crippen LogP contribution in [0.25, 0.3) is 0 Å². The molecule has 1 atom stereocenters. The summed E-state index contributed by atoms with van der Waals surface area (Å²) in [5.74, 6) is 0. The monoisotopic (exact) mass is 378 g/mol. The molecule has 0 aromatic carbocycles. The lowest BCUT2D eigenvalue weighted by molar-refractivity contribution is 0.297. The van der Waals surface area contributed by atoms with Crippen LogP contribution in [0, 0.1) is 0 Å². The van der Waals surface area contributed by atoms with Gasteiger partial charge in [0.15, 0.2) is 0 Å². The lowest BCUT2D eigenvalue weighted by atomic mass is 10.0. The molecule has 0 fully saturated rings. The first-order valence-corrected chi connectivity index (χ1v) is 11.8. The van der Waals surface area contributed by atoms with Gasteiger partial charge in [-0.2, -0.15) is 0 Å². The Morgan fingerprint density at radius 3 is 1.20 bits per heavy atom. The van der Waals surface area contributed by atoms with Gasteiger partial charge >= 0.3 is 8.25 Å². The second-order valence-corrected chi connectivity index (χ2v) is 7.48. The first-order valence-electron chi connectivity index (χ1n) is 10.7. The molecule has 0 saturated heterocycles. The first-order chi connectivity index (χ1) is 12.2. The van der Waals surface area contributed by atoms with Crippen LogP contribution in [0.1, 0.15) is 117 Å². The predicted octanol–water partition coefficient (Wildman–Crippen LogP) is 6.88. The van der Waals surface area contributed by atoms with Crippen molar-refractivity contribution in [2.45, 2.75) is 117 Å². The van der Waals surface area contributed by atoms with Crippen molar-refractivity contribution in [1.82, 2.24) is 0 Å². The van der Waals surface area contributed by atoms with Crippen LogP contribution >= 0.6 is 8.25 Å². The van der Waals surface area contributed by atoms with Gasteiger partial charge in [-0.1, -0.05) is 103 Å². The van der Waals surface area contributed by atoms with E-state index in [1.807, 2.05) is 0 Å². The van der Waals surface area contributed by atoms with E-state index in [9.17, 15) is 4.57 Å². The van der Waals surface area contributed by atoms with Crippen LogP contribution in [-0.4, -0.2) is 18.0 Å². The smallest absolute Gasteiger partial charge is 0.330 e. The molecule has 0 saturated carbocycles. The van der Waals surface area contributed by atoms with Crippen molar-refractivity contribution in [1.29, 1.82) is 0 Å². The third-order valence-corrected chi connectivity index (χ3v) is 4.78. The van der Waals surface area contributed by atoms with Crippen LogP contribution in [0.2, 0.25) is 0 Å². The maximum Gasteiger partial charge on any atom is 0.694 e. The maximum absolute atomic E-state index is 9.53. The summed E-state index contributed by atoms with van der Waals surface area (Å²) in [5.41, 5.74) is 5.48. The summed E-state index contributed by atoms with van der Waals surface area (Å²) in [6, 6.07) is 0. The van der Waals surface area contributed by atoms with E-state index >= 15 is 0 Å². The maximum atomic E-state index is 9.53. The highest BCUT2D eigenvalue weighted by atomic mass is 31.1. The Bertz CT molecular complexity index is 237. The van der Waals surface area contributed by atoms with Gasteiger partial charge in [-0.3, -0.25) is 0 Å². The van der Waals surface area contributed by atoms with Crippen LogP contribution in [0.15, 0.2) is 0 Å². The lowest BCUT2D eigenvalue weighted by Crippen LogP contribution is -1.97. The van der Waals surface area contributed by atoms with E-state index in [0.717, 1.165) is 6.54 Å². The Kier molecular flexibility index (Phi) is 28.5. The summed E-state index contributed by atoms with van der Waals surface area (Å²) in [6.45, 7) is 5.12. The van der Waals surface area contributed by atoms with Crippen molar-refractivity contribution in [3.05, 3.63) is 0 Å². The van der Waals surface area contributed by atoms with Gasteiger partial charge < -0.3 is 5.73 Å². The van der Waals surface area contributed by atoms with Gasteiger partial charge in [-0.15, -0.1) is 9.42 Å².